The van der Waals surface area contributed by atoms with Crippen LogP contribution < -0.4 is 23.7 Å². The summed E-state index contributed by atoms with van der Waals surface area (Å²) in [4.78, 5) is 16.6. The maximum atomic E-state index is 12.2. The Morgan fingerprint density at radius 1 is 0.786 bits per heavy atom. The second-order valence-electron chi connectivity index (χ2n) is 5.89. The van der Waals surface area contributed by atoms with Gasteiger partial charge in [0.25, 0.3) is 0 Å². The van der Waals surface area contributed by atoms with Gasteiger partial charge >= 0.3 is 0 Å². The maximum absolute atomic E-state index is 12.2. The Bertz CT molecular complexity index is 1030. The molecule has 0 spiro atoms. The lowest BCUT2D eigenvalue weighted by Gasteiger charge is -2.16. The molecule has 0 saturated carbocycles. The van der Waals surface area contributed by atoms with Crippen LogP contribution in [0, 0.1) is 0 Å². The molecule has 0 N–H and O–H groups in total. The lowest BCUT2D eigenvalue weighted by molar-refractivity contribution is 0.101. The van der Waals surface area contributed by atoms with Gasteiger partial charge in [-0.15, -0.1) is 0 Å². The number of hydrogen-bond acceptors (Lipinski definition) is 7. The highest BCUT2D eigenvalue weighted by molar-refractivity contribution is 6.00. The first-order valence-electron chi connectivity index (χ1n) is 8.48. The number of Topliss-reactive ketones (excluding diaryl/α,β-unsaturated/α-hetero) is 1. The van der Waals surface area contributed by atoms with E-state index in [-0.39, 0.29) is 5.78 Å². The molecule has 2 aromatic carbocycles. The lowest BCUT2D eigenvalue weighted by Crippen LogP contribution is -2.02. The van der Waals surface area contributed by atoms with Crippen LogP contribution in [0.3, 0.4) is 0 Å². The Morgan fingerprint density at radius 2 is 1.43 bits per heavy atom. The molecule has 0 bridgehead atoms. The third-order valence-corrected chi connectivity index (χ3v) is 4.27. The van der Waals surface area contributed by atoms with Crippen LogP contribution in [0.1, 0.15) is 17.3 Å². The predicted molar refractivity (Wildman–Crippen MR) is 104 cm³/mol. The van der Waals surface area contributed by atoms with Gasteiger partial charge in [-0.1, -0.05) is 0 Å². The fourth-order valence-corrected chi connectivity index (χ4v) is 2.93. The van der Waals surface area contributed by atoms with E-state index in [1.165, 1.54) is 21.1 Å². The van der Waals surface area contributed by atoms with Crippen molar-refractivity contribution in [1.82, 2.24) is 4.98 Å². The average Bonchev–Trinajstić information content (AvgIpc) is 2.71. The molecule has 0 aliphatic heterocycles. The van der Waals surface area contributed by atoms with Crippen LogP contribution in [0.2, 0.25) is 0 Å². The molecule has 3 rings (SSSR count). The standard InChI is InChI=1S/C21H21NO6/c1-12(23)21-19(27-5)8-13(24-2)9-20(21)28-16-6-7-22-15-11-18(26-4)17(25-3)10-14(15)16/h6-11H,1-5H3. The molecule has 7 nitrogen and oxygen atoms in total. The Morgan fingerprint density at radius 3 is 2.04 bits per heavy atom. The number of pyridine rings is 1. The Labute approximate surface area is 162 Å². The monoisotopic (exact) mass is 383 g/mol. The first-order chi connectivity index (χ1) is 13.5. The van der Waals surface area contributed by atoms with Crippen molar-refractivity contribution >= 4 is 16.7 Å². The number of methoxy groups -OCH3 is 4. The van der Waals surface area contributed by atoms with Crippen LogP contribution in [0.25, 0.3) is 10.9 Å². The summed E-state index contributed by atoms with van der Waals surface area (Å²) in [5, 5.41) is 0.705. The first-order valence-corrected chi connectivity index (χ1v) is 8.48. The van der Waals surface area contributed by atoms with Crippen molar-refractivity contribution < 1.29 is 28.5 Å². The predicted octanol–water partition coefficient (Wildman–Crippen LogP) is 4.26. The van der Waals surface area contributed by atoms with Gasteiger partial charge in [0.2, 0.25) is 0 Å². The lowest BCUT2D eigenvalue weighted by atomic mass is 10.1. The fraction of sp³-hybridized carbons (Fsp3) is 0.238. The number of hydrogen-bond donors (Lipinski definition) is 0. The van der Waals surface area contributed by atoms with Crippen molar-refractivity contribution in [2.24, 2.45) is 0 Å². The summed E-state index contributed by atoms with van der Waals surface area (Å²) in [6, 6.07) is 8.54. The first kappa shape index (κ1) is 19.3. The number of ketones is 1. The van der Waals surface area contributed by atoms with Crippen LogP contribution >= 0.6 is 0 Å². The van der Waals surface area contributed by atoms with E-state index in [9.17, 15) is 4.79 Å². The average molecular weight is 383 g/mol. The van der Waals surface area contributed by atoms with Gasteiger partial charge in [0.1, 0.15) is 28.6 Å². The highest BCUT2D eigenvalue weighted by Gasteiger charge is 2.20. The van der Waals surface area contributed by atoms with Crippen molar-refractivity contribution in [2.75, 3.05) is 28.4 Å². The van der Waals surface area contributed by atoms with E-state index in [1.807, 2.05) is 0 Å². The van der Waals surface area contributed by atoms with Crippen molar-refractivity contribution in [2.45, 2.75) is 6.92 Å². The molecular formula is C21H21NO6. The smallest absolute Gasteiger partial charge is 0.167 e. The van der Waals surface area contributed by atoms with Gasteiger partial charge in [0.15, 0.2) is 17.3 Å². The maximum Gasteiger partial charge on any atom is 0.167 e. The summed E-state index contributed by atoms with van der Waals surface area (Å²) in [7, 11) is 6.14. The van der Waals surface area contributed by atoms with Crippen molar-refractivity contribution in [1.29, 1.82) is 0 Å². The van der Waals surface area contributed by atoms with Gasteiger partial charge in [-0.25, -0.2) is 0 Å². The molecule has 1 aromatic heterocycles. The number of carbonyl (C=O) groups is 1. The van der Waals surface area contributed by atoms with Gasteiger partial charge < -0.3 is 23.7 Å². The number of fused-ring (bicyclic) bond motifs is 1. The van der Waals surface area contributed by atoms with Gasteiger partial charge in [-0.05, 0) is 19.1 Å². The Balaban J connectivity index is 2.18. The van der Waals surface area contributed by atoms with Gasteiger partial charge in [-0.2, -0.15) is 0 Å². The van der Waals surface area contributed by atoms with E-state index in [1.54, 1.807) is 50.7 Å². The third-order valence-electron chi connectivity index (χ3n) is 4.27. The highest BCUT2D eigenvalue weighted by atomic mass is 16.5. The molecule has 0 aliphatic carbocycles. The molecule has 0 unspecified atom stereocenters. The summed E-state index contributed by atoms with van der Waals surface area (Å²) in [6.07, 6.45) is 1.62. The molecule has 0 saturated heterocycles. The van der Waals surface area contributed by atoms with Gasteiger partial charge in [-0.3, -0.25) is 9.78 Å². The number of rotatable bonds is 7. The molecule has 0 aliphatic rings. The molecular weight excluding hydrogens is 362 g/mol. The summed E-state index contributed by atoms with van der Waals surface area (Å²) < 4.78 is 27.5. The highest BCUT2D eigenvalue weighted by Crippen LogP contribution is 2.40. The number of aromatic nitrogens is 1. The van der Waals surface area contributed by atoms with Crippen LogP contribution in [0.5, 0.6) is 34.5 Å². The molecule has 28 heavy (non-hydrogen) atoms. The molecule has 1 heterocycles. The Hall–Kier alpha value is -3.48. The van der Waals surface area contributed by atoms with E-state index in [0.717, 1.165) is 0 Å². The van der Waals surface area contributed by atoms with E-state index in [4.69, 9.17) is 23.7 Å². The summed E-state index contributed by atoms with van der Waals surface area (Å²) >= 11 is 0. The second-order valence-corrected chi connectivity index (χ2v) is 5.89. The zero-order chi connectivity index (χ0) is 20.3. The topological polar surface area (TPSA) is 76.1 Å². The van der Waals surface area contributed by atoms with Crippen LogP contribution in [-0.4, -0.2) is 39.2 Å². The number of ether oxygens (including phenoxy) is 5. The quantitative estimate of drug-likeness (QED) is 0.564. The molecule has 3 aromatic rings. The summed E-state index contributed by atoms with van der Waals surface area (Å²) in [6.45, 7) is 1.45. The summed E-state index contributed by atoms with van der Waals surface area (Å²) in [5.74, 6) is 2.63. The zero-order valence-corrected chi connectivity index (χ0v) is 16.4. The third kappa shape index (κ3) is 3.51. The molecule has 0 amide bonds. The van der Waals surface area contributed by atoms with Gasteiger partial charge in [0.05, 0.1) is 34.0 Å². The summed E-state index contributed by atoms with van der Waals surface area (Å²) in [5.41, 5.74) is 0.989. The van der Waals surface area contributed by atoms with Crippen molar-refractivity contribution in [3.8, 4) is 34.5 Å². The fourth-order valence-electron chi connectivity index (χ4n) is 2.93. The van der Waals surface area contributed by atoms with E-state index in [2.05, 4.69) is 4.98 Å². The molecule has 7 heteroatoms. The second kappa shape index (κ2) is 8.04. The minimum Gasteiger partial charge on any atom is -0.496 e. The van der Waals surface area contributed by atoms with Crippen LogP contribution in [0.4, 0.5) is 0 Å². The minimum absolute atomic E-state index is 0.188. The van der Waals surface area contributed by atoms with Crippen LogP contribution in [0.15, 0.2) is 36.5 Å². The van der Waals surface area contributed by atoms with Gasteiger partial charge in [0, 0.05) is 29.8 Å². The number of nitrogens with zero attached hydrogens (tertiary/aromatic N) is 1. The number of benzene rings is 2. The minimum atomic E-state index is -0.188. The number of carbonyl (C=O) groups excluding carboxylic acids is 1. The van der Waals surface area contributed by atoms with Crippen molar-refractivity contribution in [3.63, 3.8) is 0 Å². The van der Waals surface area contributed by atoms with Crippen molar-refractivity contribution in [3.05, 3.63) is 42.1 Å². The Kier molecular flexibility index (Phi) is 5.54. The molecule has 0 radical (unpaired) electrons. The van der Waals surface area contributed by atoms with E-state index >= 15 is 0 Å². The van der Waals surface area contributed by atoms with Crippen LogP contribution in [-0.2, 0) is 0 Å². The van der Waals surface area contributed by atoms with E-state index in [0.29, 0.717) is 51.0 Å². The zero-order valence-electron chi connectivity index (χ0n) is 16.4. The van der Waals surface area contributed by atoms with E-state index < -0.39 is 0 Å². The largest absolute Gasteiger partial charge is 0.496 e. The molecule has 0 fully saturated rings. The normalized spacial score (nSPS) is 10.5. The molecule has 146 valence electrons. The molecule has 0 atom stereocenters. The SMILES string of the molecule is COc1cc(OC)c(C(C)=O)c(Oc2ccnc3cc(OC)c(OC)cc23)c1.